The summed E-state index contributed by atoms with van der Waals surface area (Å²) >= 11 is 0. The third-order valence-electron chi connectivity index (χ3n) is 3.52. The third kappa shape index (κ3) is 4.12. The zero-order valence-corrected chi connectivity index (χ0v) is 13.1. The Morgan fingerprint density at radius 1 is 1.25 bits per heavy atom. The molecule has 0 radical (unpaired) electrons. The van der Waals surface area contributed by atoms with E-state index in [1.54, 1.807) is 0 Å². The number of carbonyl (C=O) groups excluding carboxylic acids is 1. The van der Waals surface area contributed by atoms with Crippen LogP contribution in [0.4, 0.5) is 4.79 Å². The van der Waals surface area contributed by atoms with Gasteiger partial charge in [-0.05, 0) is 26.3 Å². The average molecular weight is 299 g/mol. The molecule has 0 aliphatic carbocycles. The zero-order chi connectivity index (χ0) is 13.8. The monoisotopic (exact) mass is 298 g/mol. The van der Waals surface area contributed by atoms with E-state index in [0.717, 1.165) is 18.7 Å². The van der Waals surface area contributed by atoms with E-state index in [2.05, 4.69) is 5.32 Å². The van der Waals surface area contributed by atoms with Gasteiger partial charge in [-0.15, -0.1) is 12.4 Å². The van der Waals surface area contributed by atoms with Crippen LogP contribution >= 0.6 is 12.4 Å². The summed E-state index contributed by atoms with van der Waals surface area (Å²) in [5, 5.41) is 3.30. The molecular formula is C15H23ClN2O2. The van der Waals surface area contributed by atoms with E-state index in [9.17, 15) is 4.79 Å². The normalized spacial score (nSPS) is 22.1. The molecular weight excluding hydrogens is 276 g/mol. The van der Waals surface area contributed by atoms with Gasteiger partial charge in [0, 0.05) is 25.2 Å². The second-order valence-electron chi connectivity index (χ2n) is 5.30. The number of aryl methyl sites for hydroxylation is 1. The molecule has 1 aliphatic heterocycles. The standard InChI is InChI=1S/C15H22N2O2.ClH/c1-11-4-6-14(7-5-11)10-19-15(18)17-12(2)8-16-9-13(17)3;/h4-7,12-13,16H,8-10H2,1-3H3;1H/t12-,13+;. The van der Waals surface area contributed by atoms with Crippen molar-refractivity contribution in [3.8, 4) is 0 Å². The number of nitrogens with zero attached hydrogens (tertiary/aromatic N) is 1. The molecule has 112 valence electrons. The van der Waals surface area contributed by atoms with E-state index < -0.39 is 0 Å². The van der Waals surface area contributed by atoms with Crippen LogP contribution < -0.4 is 5.32 Å². The summed E-state index contributed by atoms with van der Waals surface area (Å²) in [6.45, 7) is 8.10. The Morgan fingerprint density at radius 3 is 2.35 bits per heavy atom. The van der Waals surface area contributed by atoms with Crippen molar-refractivity contribution in [3.05, 3.63) is 35.4 Å². The Bertz CT molecular complexity index is 426. The second-order valence-corrected chi connectivity index (χ2v) is 5.30. The Hall–Kier alpha value is -1.26. The van der Waals surface area contributed by atoms with Gasteiger partial charge in [0.05, 0.1) is 0 Å². The molecule has 0 saturated carbocycles. The van der Waals surface area contributed by atoms with Gasteiger partial charge in [-0.25, -0.2) is 4.79 Å². The minimum Gasteiger partial charge on any atom is -0.445 e. The van der Waals surface area contributed by atoms with Crippen LogP contribution in [0.1, 0.15) is 25.0 Å². The minimum absolute atomic E-state index is 0. The topological polar surface area (TPSA) is 41.6 Å². The van der Waals surface area contributed by atoms with Gasteiger partial charge in [0.2, 0.25) is 0 Å². The van der Waals surface area contributed by atoms with Gasteiger partial charge in [-0.1, -0.05) is 29.8 Å². The van der Waals surface area contributed by atoms with Crippen LogP contribution in [0.2, 0.25) is 0 Å². The van der Waals surface area contributed by atoms with Crippen molar-refractivity contribution in [3.63, 3.8) is 0 Å². The molecule has 1 aromatic rings. The van der Waals surface area contributed by atoms with E-state index in [0.29, 0.717) is 6.61 Å². The number of carbonyl (C=O) groups is 1. The van der Waals surface area contributed by atoms with Gasteiger partial charge in [-0.2, -0.15) is 0 Å². The number of hydrogen-bond acceptors (Lipinski definition) is 3. The molecule has 0 spiro atoms. The van der Waals surface area contributed by atoms with Crippen LogP contribution in [-0.4, -0.2) is 36.2 Å². The highest BCUT2D eigenvalue weighted by molar-refractivity contribution is 5.85. The molecule has 0 aromatic heterocycles. The van der Waals surface area contributed by atoms with Crippen LogP contribution in [0, 0.1) is 6.92 Å². The number of amides is 1. The quantitative estimate of drug-likeness (QED) is 0.913. The first-order chi connectivity index (χ1) is 9.08. The lowest BCUT2D eigenvalue weighted by Crippen LogP contribution is -2.57. The largest absolute Gasteiger partial charge is 0.445 e. The highest BCUT2D eigenvalue weighted by Gasteiger charge is 2.29. The molecule has 1 amide bonds. The first-order valence-electron chi connectivity index (χ1n) is 6.79. The molecule has 4 nitrogen and oxygen atoms in total. The van der Waals surface area contributed by atoms with E-state index in [1.807, 2.05) is 49.9 Å². The lowest BCUT2D eigenvalue weighted by Gasteiger charge is -2.38. The van der Waals surface area contributed by atoms with Crippen molar-refractivity contribution < 1.29 is 9.53 Å². The van der Waals surface area contributed by atoms with Crippen molar-refractivity contribution in [2.24, 2.45) is 0 Å². The van der Waals surface area contributed by atoms with E-state index >= 15 is 0 Å². The van der Waals surface area contributed by atoms with Gasteiger partial charge in [0.1, 0.15) is 6.61 Å². The molecule has 1 aromatic carbocycles. The smallest absolute Gasteiger partial charge is 0.410 e. The molecule has 0 bridgehead atoms. The molecule has 1 heterocycles. The number of rotatable bonds is 2. The molecule has 1 aliphatic rings. The fourth-order valence-corrected chi connectivity index (χ4v) is 2.40. The Labute approximate surface area is 126 Å². The van der Waals surface area contributed by atoms with E-state index in [4.69, 9.17) is 4.74 Å². The molecule has 1 fully saturated rings. The summed E-state index contributed by atoms with van der Waals surface area (Å²) in [4.78, 5) is 14.0. The maximum atomic E-state index is 12.1. The van der Waals surface area contributed by atoms with Gasteiger partial charge >= 0.3 is 6.09 Å². The lowest BCUT2D eigenvalue weighted by atomic mass is 10.1. The number of halogens is 1. The summed E-state index contributed by atoms with van der Waals surface area (Å²) in [7, 11) is 0. The Kier molecular flexibility index (Phi) is 6.30. The first kappa shape index (κ1) is 16.8. The minimum atomic E-state index is -0.220. The van der Waals surface area contributed by atoms with Crippen molar-refractivity contribution in [2.45, 2.75) is 39.5 Å². The SMILES string of the molecule is Cc1ccc(COC(=O)N2[C@H](C)CNC[C@@H]2C)cc1.Cl. The number of ether oxygens (including phenoxy) is 1. The Balaban J connectivity index is 0.00000200. The molecule has 5 heteroatoms. The fraction of sp³-hybridized carbons (Fsp3) is 0.533. The molecule has 20 heavy (non-hydrogen) atoms. The van der Waals surface area contributed by atoms with Gasteiger partial charge in [-0.3, -0.25) is 0 Å². The average Bonchev–Trinajstić information content (AvgIpc) is 2.38. The summed E-state index contributed by atoms with van der Waals surface area (Å²) in [6.07, 6.45) is -0.220. The van der Waals surface area contributed by atoms with Crippen LogP contribution in [-0.2, 0) is 11.3 Å². The van der Waals surface area contributed by atoms with Crippen LogP contribution in [0.5, 0.6) is 0 Å². The molecule has 1 saturated heterocycles. The zero-order valence-electron chi connectivity index (χ0n) is 12.3. The maximum absolute atomic E-state index is 12.1. The number of benzene rings is 1. The highest BCUT2D eigenvalue weighted by Crippen LogP contribution is 2.13. The molecule has 2 atom stereocenters. The second kappa shape index (κ2) is 7.50. The molecule has 1 N–H and O–H groups in total. The lowest BCUT2D eigenvalue weighted by molar-refractivity contribution is 0.0564. The molecule has 2 rings (SSSR count). The predicted octanol–water partition coefficient (Wildman–Crippen LogP) is 2.74. The molecule has 0 unspecified atom stereocenters. The summed E-state index contributed by atoms with van der Waals surface area (Å²) in [5.41, 5.74) is 2.23. The van der Waals surface area contributed by atoms with E-state index in [1.165, 1.54) is 5.56 Å². The van der Waals surface area contributed by atoms with E-state index in [-0.39, 0.29) is 30.6 Å². The van der Waals surface area contributed by atoms with Crippen molar-refractivity contribution in [2.75, 3.05) is 13.1 Å². The summed E-state index contributed by atoms with van der Waals surface area (Å²) < 4.78 is 5.41. The first-order valence-corrected chi connectivity index (χ1v) is 6.79. The number of nitrogens with one attached hydrogen (secondary N) is 1. The number of piperazine rings is 1. The Morgan fingerprint density at radius 2 is 1.80 bits per heavy atom. The van der Waals surface area contributed by atoms with Crippen molar-refractivity contribution in [1.29, 1.82) is 0 Å². The van der Waals surface area contributed by atoms with Gasteiger partial charge in [0.25, 0.3) is 0 Å². The van der Waals surface area contributed by atoms with Gasteiger partial charge < -0.3 is 15.0 Å². The van der Waals surface area contributed by atoms with Crippen LogP contribution in [0.25, 0.3) is 0 Å². The van der Waals surface area contributed by atoms with Crippen LogP contribution in [0.15, 0.2) is 24.3 Å². The number of hydrogen-bond donors (Lipinski definition) is 1. The summed E-state index contributed by atoms with van der Waals surface area (Å²) in [5.74, 6) is 0. The maximum Gasteiger partial charge on any atom is 0.410 e. The highest BCUT2D eigenvalue weighted by atomic mass is 35.5. The summed E-state index contributed by atoms with van der Waals surface area (Å²) in [6, 6.07) is 8.39. The van der Waals surface area contributed by atoms with Crippen molar-refractivity contribution >= 4 is 18.5 Å². The van der Waals surface area contributed by atoms with Crippen molar-refractivity contribution in [1.82, 2.24) is 10.2 Å². The van der Waals surface area contributed by atoms with Crippen LogP contribution in [0.3, 0.4) is 0 Å². The predicted molar refractivity (Wildman–Crippen MR) is 82.2 cm³/mol. The fourth-order valence-electron chi connectivity index (χ4n) is 2.40. The van der Waals surface area contributed by atoms with Gasteiger partial charge in [0.15, 0.2) is 0 Å². The third-order valence-corrected chi connectivity index (χ3v) is 3.52.